The van der Waals surface area contributed by atoms with Gasteiger partial charge in [-0.2, -0.15) is 0 Å². The van der Waals surface area contributed by atoms with Crippen molar-refractivity contribution in [1.82, 2.24) is 0 Å². The molecule has 0 aromatic heterocycles. The van der Waals surface area contributed by atoms with Crippen molar-refractivity contribution in [1.29, 1.82) is 0 Å². The molecule has 0 heterocycles. The van der Waals surface area contributed by atoms with E-state index in [0.29, 0.717) is 13.2 Å². The van der Waals surface area contributed by atoms with Crippen molar-refractivity contribution < 1.29 is 9.47 Å². The molecule has 2 nitrogen and oxygen atoms in total. The maximum Gasteiger partial charge on any atom is 0.127 e. The first-order valence-corrected chi connectivity index (χ1v) is 5.62. The Balaban J connectivity index is 2.39. The highest BCUT2D eigenvalue weighted by Crippen LogP contribution is 2.28. The van der Waals surface area contributed by atoms with Gasteiger partial charge in [0.25, 0.3) is 0 Å². The van der Waals surface area contributed by atoms with Gasteiger partial charge < -0.3 is 9.47 Å². The lowest BCUT2D eigenvalue weighted by Crippen LogP contribution is -2.04. The summed E-state index contributed by atoms with van der Waals surface area (Å²) >= 11 is 0. The Morgan fingerprint density at radius 2 is 1.82 bits per heavy atom. The molecule has 0 N–H and O–H groups in total. The Morgan fingerprint density at radius 1 is 1.06 bits per heavy atom. The lowest BCUT2D eigenvalue weighted by atomic mass is 10.0. The van der Waals surface area contributed by atoms with Gasteiger partial charge in [-0.05, 0) is 17.0 Å². The van der Waals surface area contributed by atoms with Gasteiger partial charge in [-0.3, -0.25) is 0 Å². The molecule has 0 amide bonds. The quantitative estimate of drug-likeness (QED) is 0.729. The lowest BCUT2D eigenvalue weighted by Gasteiger charge is -2.10. The summed E-state index contributed by atoms with van der Waals surface area (Å²) in [5.41, 5.74) is 1.12. The second-order valence-corrected chi connectivity index (χ2v) is 3.74. The van der Waals surface area contributed by atoms with Crippen LogP contribution in [0.5, 0.6) is 5.75 Å². The largest absolute Gasteiger partial charge is 0.491 e. The van der Waals surface area contributed by atoms with E-state index < -0.39 is 0 Å². The average Bonchev–Trinajstić information content (AvgIpc) is 2.38. The van der Waals surface area contributed by atoms with E-state index in [0.717, 1.165) is 22.1 Å². The molecular weight excluding hydrogens is 212 g/mol. The zero-order chi connectivity index (χ0) is 12.1. The highest BCUT2D eigenvalue weighted by atomic mass is 16.5. The van der Waals surface area contributed by atoms with E-state index in [9.17, 15) is 0 Å². The minimum atomic E-state index is 0.563. The Kier molecular flexibility index (Phi) is 3.78. The smallest absolute Gasteiger partial charge is 0.127 e. The van der Waals surface area contributed by atoms with Gasteiger partial charge in [0.2, 0.25) is 0 Å². The van der Waals surface area contributed by atoms with Crippen LogP contribution in [0.1, 0.15) is 5.56 Å². The molecule has 17 heavy (non-hydrogen) atoms. The van der Waals surface area contributed by atoms with Gasteiger partial charge in [-0.1, -0.05) is 43.0 Å². The van der Waals surface area contributed by atoms with Crippen LogP contribution in [-0.4, -0.2) is 20.3 Å². The minimum Gasteiger partial charge on any atom is -0.491 e. The van der Waals surface area contributed by atoms with Crippen LogP contribution in [0.3, 0.4) is 0 Å². The Hall–Kier alpha value is -1.80. The van der Waals surface area contributed by atoms with E-state index in [1.807, 2.05) is 30.3 Å². The first-order chi connectivity index (χ1) is 8.36. The molecule has 0 saturated carbocycles. The van der Waals surface area contributed by atoms with E-state index in [4.69, 9.17) is 9.47 Å². The molecule has 0 unspecified atom stereocenters. The van der Waals surface area contributed by atoms with Crippen LogP contribution in [-0.2, 0) is 4.74 Å². The fourth-order valence-corrected chi connectivity index (χ4v) is 1.84. The van der Waals surface area contributed by atoms with E-state index in [1.165, 1.54) is 0 Å². The highest BCUT2D eigenvalue weighted by Gasteiger charge is 2.03. The van der Waals surface area contributed by atoms with Crippen molar-refractivity contribution in [3.8, 4) is 5.75 Å². The normalized spacial score (nSPS) is 10.4. The average molecular weight is 228 g/mol. The molecule has 2 aromatic carbocycles. The summed E-state index contributed by atoms with van der Waals surface area (Å²) in [6, 6.07) is 12.2. The summed E-state index contributed by atoms with van der Waals surface area (Å²) in [6.07, 6.45) is 1.86. The number of benzene rings is 2. The molecular formula is C15H16O2. The van der Waals surface area contributed by atoms with Gasteiger partial charge in [-0.25, -0.2) is 0 Å². The molecule has 0 aliphatic rings. The maximum absolute atomic E-state index is 5.70. The third kappa shape index (κ3) is 2.48. The third-order valence-electron chi connectivity index (χ3n) is 2.68. The Morgan fingerprint density at radius 3 is 2.59 bits per heavy atom. The van der Waals surface area contributed by atoms with E-state index >= 15 is 0 Å². The second kappa shape index (κ2) is 5.51. The van der Waals surface area contributed by atoms with Gasteiger partial charge >= 0.3 is 0 Å². The molecule has 0 spiro atoms. The topological polar surface area (TPSA) is 18.5 Å². The predicted octanol–water partition coefficient (Wildman–Crippen LogP) is 3.51. The molecule has 88 valence electrons. The van der Waals surface area contributed by atoms with Crippen molar-refractivity contribution in [2.24, 2.45) is 0 Å². The first-order valence-electron chi connectivity index (χ1n) is 5.62. The van der Waals surface area contributed by atoms with Gasteiger partial charge in [0.05, 0.1) is 6.61 Å². The number of methoxy groups -OCH3 is 1. The molecule has 0 aliphatic heterocycles. The minimum absolute atomic E-state index is 0.563. The number of ether oxygens (including phenoxy) is 2. The molecule has 0 radical (unpaired) electrons. The summed E-state index contributed by atoms with van der Waals surface area (Å²) in [5.74, 6) is 0.892. The van der Waals surface area contributed by atoms with Gasteiger partial charge in [0.15, 0.2) is 0 Å². The Labute approximate surface area is 101 Å². The Bertz CT molecular complexity index is 517. The van der Waals surface area contributed by atoms with E-state index in [2.05, 4.69) is 18.7 Å². The van der Waals surface area contributed by atoms with Gasteiger partial charge in [0.1, 0.15) is 12.4 Å². The van der Waals surface area contributed by atoms with Crippen LogP contribution in [0.25, 0.3) is 16.8 Å². The second-order valence-electron chi connectivity index (χ2n) is 3.74. The predicted molar refractivity (Wildman–Crippen MR) is 71.4 cm³/mol. The monoisotopic (exact) mass is 228 g/mol. The van der Waals surface area contributed by atoms with Crippen molar-refractivity contribution in [3.05, 3.63) is 48.5 Å². The molecule has 2 rings (SSSR count). The van der Waals surface area contributed by atoms with Crippen molar-refractivity contribution in [2.45, 2.75) is 0 Å². The molecule has 0 atom stereocenters. The van der Waals surface area contributed by atoms with E-state index in [-0.39, 0.29) is 0 Å². The van der Waals surface area contributed by atoms with Crippen LogP contribution in [0.2, 0.25) is 0 Å². The van der Waals surface area contributed by atoms with Crippen molar-refractivity contribution in [3.63, 3.8) is 0 Å². The number of hydrogen-bond donors (Lipinski definition) is 0. The van der Waals surface area contributed by atoms with Crippen LogP contribution in [0.4, 0.5) is 0 Å². The van der Waals surface area contributed by atoms with Crippen LogP contribution >= 0.6 is 0 Å². The number of rotatable bonds is 5. The van der Waals surface area contributed by atoms with Crippen molar-refractivity contribution in [2.75, 3.05) is 20.3 Å². The summed E-state index contributed by atoms with van der Waals surface area (Å²) < 4.78 is 10.7. The molecule has 0 bridgehead atoms. The fourth-order valence-electron chi connectivity index (χ4n) is 1.84. The zero-order valence-electron chi connectivity index (χ0n) is 9.98. The molecule has 0 aliphatic carbocycles. The maximum atomic E-state index is 5.70. The molecule has 2 aromatic rings. The summed E-state index contributed by atoms with van der Waals surface area (Å²) in [5, 5.41) is 2.28. The number of fused-ring (bicyclic) bond motifs is 1. The van der Waals surface area contributed by atoms with Crippen molar-refractivity contribution >= 4 is 16.8 Å². The van der Waals surface area contributed by atoms with Crippen LogP contribution in [0, 0.1) is 0 Å². The molecule has 0 fully saturated rings. The standard InChI is InChI=1S/C15H16O2/c1-3-12-6-4-8-14-13(12)7-5-9-15(14)17-11-10-16-2/h3-9H,1,10-11H2,2H3. The zero-order valence-corrected chi connectivity index (χ0v) is 9.98. The van der Waals surface area contributed by atoms with Gasteiger partial charge in [-0.15, -0.1) is 0 Å². The third-order valence-corrected chi connectivity index (χ3v) is 2.68. The fraction of sp³-hybridized carbons (Fsp3) is 0.200. The summed E-state index contributed by atoms with van der Waals surface area (Å²) in [6.45, 7) is 4.98. The van der Waals surface area contributed by atoms with E-state index in [1.54, 1.807) is 7.11 Å². The first kappa shape index (κ1) is 11.7. The van der Waals surface area contributed by atoms with Crippen LogP contribution < -0.4 is 4.74 Å². The number of hydrogen-bond acceptors (Lipinski definition) is 2. The SMILES string of the molecule is C=Cc1cccc2c(OCCOC)cccc12. The molecule has 0 saturated heterocycles. The molecule has 2 heteroatoms. The highest BCUT2D eigenvalue weighted by molar-refractivity contribution is 5.94. The summed E-state index contributed by atoms with van der Waals surface area (Å²) in [4.78, 5) is 0. The van der Waals surface area contributed by atoms with Crippen LogP contribution in [0.15, 0.2) is 43.0 Å². The summed E-state index contributed by atoms with van der Waals surface area (Å²) in [7, 11) is 1.67. The van der Waals surface area contributed by atoms with Gasteiger partial charge in [0, 0.05) is 12.5 Å². The lowest BCUT2D eigenvalue weighted by molar-refractivity contribution is 0.147.